The highest BCUT2D eigenvalue weighted by molar-refractivity contribution is 7.89. The largest absolute Gasteiger partial charge is 0.384 e. The van der Waals surface area contributed by atoms with Crippen molar-refractivity contribution in [3.63, 3.8) is 0 Å². The lowest BCUT2D eigenvalue weighted by Crippen LogP contribution is -2.42. The molecule has 0 bridgehead atoms. The molecule has 1 heterocycles. The fraction of sp³-hybridized carbons (Fsp3) is 0.571. The first-order valence-electron chi connectivity index (χ1n) is 6.87. The molecule has 21 heavy (non-hydrogen) atoms. The maximum Gasteiger partial charge on any atom is 0.243 e. The minimum atomic E-state index is -3.38. The third kappa shape index (κ3) is 4.66. The number of nitrogens with zero attached hydrogens (tertiary/aromatic N) is 1. The maximum atomic E-state index is 12.5. The van der Waals surface area contributed by atoms with Gasteiger partial charge in [-0.05, 0) is 37.0 Å². The topological polar surface area (TPSA) is 72.6 Å². The van der Waals surface area contributed by atoms with Gasteiger partial charge in [0, 0.05) is 26.2 Å². The molecular formula is C14H23ClN2O3S. The number of ether oxygens (including phenoxy) is 1. The van der Waals surface area contributed by atoms with Crippen molar-refractivity contribution in [1.29, 1.82) is 0 Å². The predicted octanol–water partition coefficient (Wildman–Crippen LogP) is 1.41. The van der Waals surface area contributed by atoms with Crippen molar-refractivity contribution >= 4 is 22.4 Å². The van der Waals surface area contributed by atoms with E-state index < -0.39 is 10.0 Å². The summed E-state index contributed by atoms with van der Waals surface area (Å²) in [7, 11) is -1.72. The molecule has 1 aliphatic rings. The van der Waals surface area contributed by atoms with Gasteiger partial charge in [0.05, 0.1) is 11.5 Å². The SMILES string of the molecule is COCCc1ccc(S(=O)(=O)N2CCC(N)CC2)cc1.Cl. The lowest BCUT2D eigenvalue weighted by Gasteiger charge is -2.29. The number of methoxy groups -OCH3 is 1. The van der Waals surface area contributed by atoms with Crippen LogP contribution in [-0.4, -0.2) is 45.6 Å². The van der Waals surface area contributed by atoms with Gasteiger partial charge in [-0.2, -0.15) is 4.31 Å². The van der Waals surface area contributed by atoms with Crippen molar-refractivity contribution in [2.45, 2.75) is 30.2 Å². The minimum absolute atomic E-state index is 0. The smallest absolute Gasteiger partial charge is 0.243 e. The first-order valence-corrected chi connectivity index (χ1v) is 8.31. The molecule has 0 atom stereocenters. The van der Waals surface area contributed by atoms with E-state index >= 15 is 0 Å². The molecule has 2 N–H and O–H groups in total. The van der Waals surface area contributed by atoms with Crippen molar-refractivity contribution in [2.24, 2.45) is 5.73 Å². The van der Waals surface area contributed by atoms with Crippen LogP contribution in [0.25, 0.3) is 0 Å². The molecule has 1 aliphatic heterocycles. The first kappa shape index (κ1) is 18.4. The maximum absolute atomic E-state index is 12.5. The summed E-state index contributed by atoms with van der Waals surface area (Å²) in [6.07, 6.45) is 2.24. The highest BCUT2D eigenvalue weighted by atomic mass is 35.5. The molecule has 1 saturated heterocycles. The van der Waals surface area contributed by atoms with Crippen LogP contribution in [0, 0.1) is 0 Å². The highest BCUT2D eigenvalue weighted by Gasteiger charge is 2.27. The third-order valence-corrected chi connectivity index (χ3v) is 5.57. The van der Waals surface area contributed by atoms with Crippen molar-refractivity contribution in [2.75, 3.05) is 26.8 Å². The van der Waals surface area contributed by atoms with Crippen LogP contribution in [0.4, 0.5) is 0 Å². The van der Waals surface area contributed by atoms with Crippen LogP contribution in [0.5, 0.6) is 0 Å². The Bertz CT molecular complexity index is 526. The predicted molar refractivity (Wildman–Crippen MR) is 85.2 cm³/mol. The fourth-order valence-electron chi connectivity index (χ4n) is 2.31. The van der Waals surface area contributed by atoms with Gasteiger partial charge in [-0.1, -0.05) is 12.1 Å². The van der Waals surface area contributed by atoms with Gasteiger partial charge in [-0.15, -0.1) is 12.4 Å². The third-order valence-electron chi connectivity index (χ3n) is 3.65. The zero-order valence-corrected chi connectivity index (χ0v) is 13.8. The number of halogens is 1. The monoisotopic (exact) mass is 334 g/mol. The average molecular weight is 335 g/mol. The number of benzene rings is 1. The van der Waals surface area contributed by atoms with E-state index in [2.05, 4.69) is 0 Å². The lowest BCUT2D eigenvalue weighted by molar-refractivity contribution is 0.202. The Morgan fingerprint density at radius 1 is 1.24 bits per heavy atom. The molecule has 5 nitrogen and oxygen atoms in total. The van der Waals surface area contributed by atoms with Crippen LogP contribution in [0.1, 0.15) is 18.4 Å². The van der Waals surface area contributed by atoms with Crippen LogP contribution >= 0.6 is 12.4 Å². The summed E-state index contributed by atoms with van der Waals surface area (Å²) in [5.74, 6) is 0. The normalized spacial score (nSPS) is 17.4. The summed E-state index contributed by atoms with van der Waals surface area (Å²) >= 11 is 0. The zero-order chi connectivity index (χ0) is 14.6. The fourth-order valence-corrected chi connectivity index (χ4v) is 3.78. The number of piperidine rings is 1. The van der Waals surface area contributed by atoms with Crippen molar-refractivity contribution in [1.82, 2.24) is 4.31 Å². The number of hydrogen-bond acceptors (Lipinski definition) is 4. The van der Waals surface area contributed by atoms with Gasteiger partial charge in [0.15, 0.2) is 0 Å². The van der Waals surface area contributed by atoms with E-state index in [4.69, 9.17) is 10.5 Å². The summed E-state index contributed by atoms with van der Waals surface area (Å²) in [5, 5.41) is 0. The van der Waals surface area contributed by atoms with Gasteiger partial charge in [-0.3, -0.25) is 0 Å². The number of rotatable bonds is 5. The van der Waals surface area contributed by atoms with E-state index in [1.807, 2.05) is 12.1 Å². The zero-order valence-electron chi connectivity index (χ0n) is 12.2. The van der Waals surface area contributed by atoms with Gasteiger partial charge in [0.2, 0.25) is 10.0 Å². The molecule has 0 aromatic heterocycles. The molecule has 0 saturated carbocycles. The Morgan fingerprint density at radius 3 is 2.33 bits per heavy atom. The Hall–Kier alpha value is -0.660. The standard InChI is InChI=1S/C14H22N2O3S.ClH/c1-19-11-8-12-2-4-14(5-3-12)20(17,18)16-9-6-13(15)7-10-16;/h2-5,13H,6-11,15H2,1H3;1H. The molecule has 0 unspecified atom stereocenters. The molecule has 0 amide bonds. The lowest BCUT2D eigenvalue weighted by atomic mass is 10.1. The van der Waals surface area contributed by atoms with E-state index in [0.29, 0.717) is 24.6 Å². The Morgan fingerprint density at radius 2 is 1.81 bits per heavy atom. The molecule has 120 valence electrons. The van der Waals surface area contributed by atoms with Crippen LogP contribution in [0.2, 0.25) is 0 Å². The second-order valence-corrected chi connectivity index (χ2v) is 7.07. The summed E-state index contributed by atoms with van der Waals surface area (Å²) < 4.78 is 31.5. The molecule has 1 aromatic rings. The van der Waals surface area contributed by atoms with Crippen LogP contribution in [0.15, 0.2) is 29.2 Å². The number of hydrogen-bond donors (Lipinski definition) is 1. The van der Waals surface area contributed by atoms with E-state index in [9.17, 15) is 8.42 Å². The van der Waals surface area contributed by atoms with Gasteiger partial charge in [-0.25, -0.2) is 8.42 Å². The molecule has 1 fully saturated rings. The summed E-state index contributed by atoms with van der Waals surface area (Å²) in [6, 6.07) is 7.17. The van der Waals surface area contributed by atoms with Crippen molar-refractivity contribution in [3.8, 4) is 0 Å². The van der Waals surface area contributed by atoms with Crippen LogP contribution in [0.3, 0.4) is 0 Å². The minimum Gasteiger partial charge on any atom is -0.384 e. The van der Waals surface area contributed by atoms with E-state index in [1.54, 1.807) is 19.2 Å². The molecule has 2 rings (SSSR count). The van der Waals surface area contributed by atoms with Crippen molar-refractivity contribution in [3.05, 3.63) is 29.8 Å². The molecule has 0 radical (unpaired) electrons. The number of nitrogens with two attached hydrogens (primary N) is 1. The second kappa shape index (κ2) is 8.10. The summed E-state index contributed by atoms with van der Waals surface area (Å²) in [6.45, 7) is 1.65. The molecule has 0 aliphatic carbocycles. The molecule has 1 aromatic carbocycles. The van der Waals surface area contributed by atoms with E-state index in [1.165, 1.54) is 4.31 Å². The highest BCUT2D eigenvalue weighted by Crippen LogP contribution is 2.20. The van der Waals surface area contributed by atoms with Crippen LogP contribution < -0.4 is 5.73 Å². The molecular weight excluding hydrogens is 312 g/mol. The quantitative estimate of drug-likeness (QED) is 0.883. The molecule has 0 spiro atoms. The van der Waals surface area contributed by atoms with Crippen LogP contribution in [-0.2, 0) is 21.2 Å². The van der Waals surface area contributed by atoms with Gasteiger partial charge in [0.1, 0.15) is 0 Å². The first-order chi connectivity index (χ1) is 9.54. The Balaban J connectivity index is 0.00000220. The Kier molecular flexibility index (Phi) is 7.09. The average Bonchev–Trinajstić information content (AvgIpc) is 2.46. The van der Waals surface area contributed by atoms with Gasteiger partial charge in [0.25, 0.3) is 0 Å². The van der Waals surface area contributed by atoms with Gasteiger partial charge < -0.3 is 10.5 Å². The van der Waals surface area contributed by atoms with E-state index in [0.717, 1.165) is 24.8 Å². The summed E-state index contributed by atoms with van der Waals surface area (Å²) in [5.41, 5.74) is 6.89. The number of sulfonamides is 1. The Labute approximate surface area is 132 Å². The molecule has 7 heteroatoms. The second-order valence-electron chi connectivity index (χ2n) is 5.13. The van der Waals surface area contributed by atoms with Crippen molar-refractivity contribution < 1.29 is 13.2 Å². The van der Waals surface area contributed by atoms with E-state index in [-0.39, 0.29) is 18.4 Å². The van der Waals surface area contributed by atoms with Gasteiger partial charge >= 0.3 is 0 Å². The summed E-state index contributed by atoms with van der Waals surface area (Å²) in [4.78, 5) is 0.356.